The van der Waals surface area contributed by atoms with Crippen molar-refractivity contribution in [3.63, 3.8) is 0 Å². The van der Waals surface area contributed by atoms with E-state index in [1.54, 1.807) is 0 Å². The lowest BCUT2D eigenvalue weighted by molar-refractivity contribution is -0.137. The van der Waals surface area contributed by atoms with Gasteiger partial charge in [0.05, 0.1) is 11.7 Å². The van der Waals surface area contributed by atoms with Gasteiger partial charge in [0.25, 0.3) is 0 Å². The molecule has 2 N–H and O–H groups in total. The van der Waals surface area contributed by atoms with E-state index in [1.165, 1.54) is 24.7 Å². The second-order valence-corrected chi connectivity index (χ2v) is 3.92. The lowest BCUT2D eigenvalue weighted by Gasteiger charge is -2.16. The smallest absolute Gasteiger partial charge is 0.377 e. The number of halogens is 3. The first-order valence-corrected chi connectivity index (χ1v) is 5.51. The Labute approximate surface area is 108 Å². The summed E-state index contributed by atoms with van der Waals surface area (Å²) < 4.78 is 42.3. The van der Waals surface area contributed by atoms with Crippen LogP contribution in [0, 0.1) is 0 Å². The fourth-order valence-electron chi connectivity index (χ4n) is 1.63. The Hall–Kier alpha value is -1.60. The summed E-state index contributed by atoms with van der Waals surface area (Å²) >= 11 is 0. The molecular formula is C12H14F3NO3. The number of hydrogen-bond acceptors (Lipinski definition) is 3. The molecule has 1 amide bonds. The van der Waals surface area contributed by atoms with Crippen LogP contribution < -0.4 is 5.48 Å². The van der Waals surface area contributed by atoms with E-state index in [0.29, 0.717) is 5.56 Å². The van der Waals surface area contributed by atoms with Crippen molar-refractivity contribution in [1.82, 2.24) is 5.48 Å². The third-order valence-electron chi connectivity index (χ3n) is 2.65. The van der Waals surface area contributed by atoms with Crippen LogP contribution in [-0.2, 0) is 15.7 Å². The third kappa shape index (κ3) is 4.53. The van der Waals surface area contributed by atoms with Gasteiger partial charge in [-0.05, 0) is 24.1 Å². The minimum absolute atomic E-state index is 0.00995. The van der Waals surface area contributed by atoms with Gasteiger partial charge >= 0.3 is 6.18 Å². The van der Waals surface area contributed by atoms with Gasteiger partial charge in [-0.2, -0.15) is 13.2 Å². The summed E-state index contributed by atoms with van der Waals surface area (Å²) in [6.07, 6.45) is -4.61. The van der Waals surface area contributed by atoms with Crippen LogP contribution in [0.15, 0.2) is 24.3 Å². The highest BCUT2D eigenvalue weighted by molar-refractivity contribution is 5.74. The van der Waals surface area contributed by atoms with Crippen LogP contribution in [0.25, 0.3) is 0 Å². The van der Waals surface area contributed by atoms with Crippen molar-refractivity contribution in [3.8, 4) is 0 Å². The number of amides is 1. The molecule has 0 bridgehead atoms. The number of alkyl halides is 3. The Morgan fingerprint density at radius 2 is 1.95 bits per heavy atom. The molecular weight excluding hydrogens is 263 g/mol. The molecule has 0 aliphatic rings. The first kappa shape index (κ1) is 15.5. The summed E-state index contributed by atoms with van der Waals surface area (Å²) in [5.41, 5.74) is 1.29. The third-order valence-corrected chi connectivity index (χ3v) is 2.65. The van der Waals surface area contributed by atoms with Crippen LogP contribution in [0.3, 0.4) is 0 Å². The van der Waals surface area contributed by atoms with Crippen molar-refractivity contribution < 1.29 is 27.9 Å². The molecule has 1 atom stereocenters. The fourth-order valence-corrected chi connectivity index (χ4v) is 1.63. The summed E-state index contributed by atoms with van der Waals surface area (Å²) in [6.45, 7) is 0. The van der Waals surface area contributed by atoms with Gasteiger partial charge in [-0.15, -0.1) is 0 Å². The number of benzene rings is 1. The summed E-state index contributed by atoms with van der Waals surface area (Å²) in [5, 5.41) is 8.35. The van der Waals surface area contributed by atoms with E-state index < -0.39 is 23.8 Å². The minimum atomic E-state index is -4.38. The molecule has 0 saturated heterocycles. The number of carbonyl (C=O) groups excluding carboxylic acids is 1. The molecule has 0 aromatic heterocycles. The number of hydroxylamine groups is 1. The van der Waals surface area contributed by atoms with Gasteiger partial charge in [-0.3, -0.25) is 10.0 Å². The molecule has 0 heterocycles. The van der Waals surface area contributed by atoms with Crippen molar-refractivity contribution in [2.45, 2.75) is 25.1 Å². The number of rotatable bonds is 5. The van der Waals surface area contributed by atoms with E-state index in [0.717, 1.165) is 12.1 Å². The molecule has 4 nitrogen and oxygen atoms in total. The first-order chi connectivity index (χ1) is 8.88. The average molecular weight is 277 g/mol. The van der Waals surface area contributed by atoms with Gasteiger partial charge in [-0.25, -0.2) is 5.48 Å². The lowest BCUT2D eigenvalue weighted by Crippen LogP contribution is -2.19. The van der Waals surface area contributed by atoms with Gasteiger partial charge in [0.1, 0.15) is 0 Å². The SMILES string of the molecule is COC(CCC(=O)NO)c1ccc(C(F)(F)F)cc1. The van der Waals surface area contributed by atoms with Gasteiger partial charge in [0, 0.05) is 13.5 Å². The zero-order valence-corrected chi connectivity index (χ0v) is 10.2. The molecule has 1 aromatic carbocycles. The Morgan fingerprint density at radius 1 is 1.37 bits per heavy atom. The molecule has 106 valence electrons. The molecule has 0 spiro atoms. The molecule has 0 aliphatic carbocycles. The van der Waals surface area contributed by atoms with Crippen LogP contribution in [0.2, 0.25) is 0 Å². The van der Waals surface area contributed by atoms with E-state index in [2.05, 4.69) is 0 Å². The van der Waals surface area contributed by atoms with Crippen molar-refractivity contribution in [1.29, 1.82) is 0 Å². The van der Waals surface area contributed by atoms with Crippen LogP contribution in [0.4, 0.5) is 13.2 Å². The van der Waals surface area contributed by atoms with E-state index in [9.17, 15) is 18.0 Å². The molecule has 19 heavy (non-hydrogen) atoms. The summed E-state index contributed by atoms with van der Waals surface area (Å²) in [5.74, 6) is -0.575. The van der Waals surface area contributed by atoms with Gasteiger partial charge in [0.15, 0.2) is 0 Å². The normalized spacial score (nSPS) is 13.1. The number of nitrogens with one attached hydrogen (secondary N) is 1. The maximum Gasteiger partial charge on any atom is 0.416 e. The Kier molecular flexibility index (Phi) is 5.31. The molecule has 1 aromatic rings. The van der Waals surface area contributed by atoms with E-state index in [-0.39, 0.29) is 12.8 Å². The number of carbonyl (C=O) groups is 1. The summed E-state index contributed by atoms with van der Waals surface area (Å²) in [4.78, 5) is 10.9. The molecule has 1 rings (SSSR count). The number of hydrogen-bond donors (Lipinski definition) is 2. The maximum absolute atomic E-state index is 12.4. The highest BCUT2D eigenvalue weighted by Gasteiger charge is 2.30. The molecule has 7 heteroatoms. The molecule has 0 aliphatic heterocycles. The monoisotopic (exact) mass is 277 g/mol. The molecule has 1 unspecified atom stereocenters. The average Bonchev–Trinajstić information content (AvgIpc) is 2.38. The molecule has 0 saturated carbocycles. The van der Waals surface area contributed by atoms with Crippen molar-refractivity contribution in [2.24, 2.45) is 0 Å². The van der Waals surface area contributed by atoms with Crippen LogP contribution >= 0.6 is 0 Å². The largest absolute Gasteiger partial charge is 0.416 e. The van der Waals surface area contributed by atoms with Gasteiger partial charge in [-0.1, -0.05) is 12.1 Å². The second-order valence-electron chi connectivity index (χ2n) is 3.92. The summed E-state index contributed by atoms with van der Waals surface area (Å²) in [6, 6.07) is 4.56. The number of methoxy groups -OCH3 is 1. The predicted octanol–water partition coefficient (Wildman–Crippen LogP) is 2.68. The van der Waals surface area contributed by atoms with E-state index in [4.69, 9.17) is 9.94 Å². The van der Waals surface area contributed by atoms with Crippen molar-refractivity contribution in [2.75, 3.05) is 7.11 Å². The van der Waals surface area contributed by atoms with Crippen molar-refractivity contribution in [3.05, 3.63) is 35.4 Å². The Balaban J connectivity index is 2.74. The zero-order chi connectivity index (χ0) is 14.5. The maximum atomic E-state index is 12.4. The summed E-state index contributed by atoms with van der Waals surface area (Å²) in [7, 11) is 1.40. The lowest BCUT2D eigenvalue weighted by atomic mass is 10.0. The zero-order valence-electron chi connectivity index (χ0n) is 10.2. The topological polar surface area (TPSA) is 58.6 Å². The van der Waals surface area contributed by atoms with Crippen molar-refractivity contribution >= 4 is 5.91 Å². The Bertz CT molecular complexity index is 417. The van der Waals surface area contributed by atoms with Crippen LogP contribution in [0.1, 0.15) is 30.1 Å². The highest BCUT2D eigenvalue weighted by atomic mass is 19.4. The van der Waals surface area contributed by atoms with Gasteiger partial charge in [0.2, 0.25) is 5.91 Å². The highest BCUT2D eigenvalue weighted by Crippen LogP contribution is 2.31. The second kappa shape index (κ2) is 6.53. The van der Waals surface area contributed by atoms with E-state index >= 15 is 0 Å². The molecule has 0 radical (unpaired) electrons. The van der Waals surface area contributed by atoms with E-state index in [1.807, 2.05) is 0 Å². The van der Waals surface area contributed by atoms with Crippen LogP contribution in [-0.4, -0.2) is 18.2 Å². The predicted molar refractivity (Wildman–Crippen MR) is 60.4 cm³/mol. The minimum Gasteiger partial charge on any atom is -0.377 e. The van der Waals surface area contributed by atoms with Gasteiger partial charge < -0.3 is 4.74 Å². The van der Waals surface area contributed by atoms with Crippen LogP contribution in [0.5, 0.6) is 0 Å². The molecule has 0 fully saturated rings. The standard InChI is InChI=1S/C12H14F3NO3/c1-19-10(6-7-11(17)16-18)8-2-4-9(5-3-8)12(13,14)15/h2-5,10,18H,6-7H2,1H3,(H,16,17). The quantitative estimate of drug-likeness (QED) is 0.642. The Morgan fingerprint density at radius 3 is 2.37 bits per heavy atom. The number of ether oxygens (including phenoxy) is 1. The first-order valence-electron chi connectivity index (χ1n) is 5.51. The fraction of sp³-hybridized carbons (Fsp3) is 0.417.